The summed E-state index contributed by atoms with van der Waals surface area (Å²) in [5.41, 5.74) is 5.64. The molecule has 1 saturated heterocycles. The molecule has 1 aliphatic heterocycles. The molecule has 1 aliphatic rings. The molecule has 1 fully saturated rings. The van der Waals surface area contributed by atoms with Crippen molar-refractivity contribution >= 4 is 6.03 Å². The monoisotopic (exact) mass is 199 g/mol. The minimum Gasteiger partial charge on any atom is -0.331 e. The highest BCUT2D eigenvalue weighted by Gasteiger charge is 2.32. The Hall–Kier alpha value is -0.770. The number of rotatable bonds is 2. The van der Waals surface area contributed by atoms with Crippen molar-refractivity contribution in [3.8, 4) is 0 Å². The fourth-order valence-corrected chi connectivity index (χ4v) is 2.04. The van der Waals surface area contributed by atoms with Crippen LogP contribution in [-0.2, 0) is 0 Å². The van der Waals surface area contributed by atoms with Gasteiger partial charge in [0.2, 0.25) is 0 Å². The predicted octanol–water partition coefficient (Wildman–Crippen LogP) is 0.727. The van der Waals surface area contributed by atoms with Crippen LogP contribution in [0.3, 0.4) is 0 Å². The van der Waals surface area contributed by atoms with Crippen molar-refractivity contribution in [3.63, 3.8) is 0 Å². The smallest absolute Gasteiger partial charge is 0.319 e. The summed E-state index contributed by atoms with van der Waals surface area (Å²) in [6, 6.07) is 0.461. The highest BCUT2D eigenvalue weighted by molar-refractivity contribution is 5.74. The zero-order valence-electron chi connectivity index (χ0n) is 9.36. The molecule has 1 rings (SSSR count). The highest BCUT2D eigenvalue weighted by Crippen LogP contribution is 2.24. The third kappa shape index (κ3) is 2.18. The molecule has 0 aliphatic carbocycles. The van der Waals surface area contributed by atoms with Crippen molar-refractivity contribution in [2.24, 2.45) is 11.7 Å². The van der Waals surface area contributed by atoms with Crippen LogP contribution in [0.25, 0.3) is 0 Å². The van der Waals surface area contributed by atoms with Gasteiger partial charge < -0.3 is 15.5 Å². The van der Waals surface area contributed by atoms with Crippen LogP contribution in [-0.4, -0.2) is 49.1 Å². The van der Waals surface area contributed by atoms with Gasteiger partial charge in [-0.05, 0) is 25.3 Å². The average Bonchev–Trinajstić information content (AvgIpc) is 2.63. The zero-order chi connectivity index (χ0) is 10.7. The van der Waals surface area contributed by atoms with Crippen molar-refractivity contribution in [1.29, 1.82) is 0 Å². The van der Waals surface area contributed by atoms with Crippen LogP contribution < -0.4 is 5.73 Å². The Bertz CT molecular complexity index is 206. The number of carbonyl (C=O) groups excluding carboxylic acids is 1. The molecule has 0 aromatic rings. The van der Waals surface area contributed by atoms with E-state index in [2.05, 4.69) is 6.92 Å². The van der Waals surface area contributed by atoms with Crippen LogP contribution in [0.15, 0.2) is 0 Å². The first-order valence-electron chi connectivity index (χ1n) is 5.26. The summed E-state index contributed by atoms with van der Waals surface area (Å²) in [7, 11) is 3.59. The molecule has 1 heterocycles. The van der Waals surface area contributed by atoms with E-state index in [1.807, 2.05) is 4.90 Å². The van der Waals surface area contributed by atoms with Gasteiger partial charge in [0, 0.05) is 26.7 Å². The van der Waals surface area contributed by atoms with Gasteiger partial charge in [0.15, 0.2) is 0 Å². The maximum absolute atomic E-state index is 11.8. The molecule has 0 aromatic heterocycles. The van der Waals surface area contributed by atoms with E-state index in [0.29, 0.717) is 18.5 Å². The van der Waals surface area contributed by atoms with Crippen LogP contribution in [0.2, 0.25) is 0 Å². The second-order valence-corrected chi connectivity index (χ2v) is 4.29. The normalized spacial score (nSPS) is 23.7. The summed E-state index contributed by atoms with van der Waals surface area (Å²) in [4.78, 5) is 15.4. The first kappa shape index (κ1) is 11.3. The molecule has 0 saturated carbocycles. The predicted molar refractivity (Wildman–Crippen MR) is 57.0 cm³/mol. The Morgan fingerprint density at radius 2 is 2.29 bits per heavy atom. The van der Waals surface area contributed by atoms with E-state index >= 15 is 0 Å². The van der Waals surface area contributed by atoms with Crippen LogP contribution in [0.1, 0.15) is 19.8 Å². The minimum absolute atomic E-state index is 0.118. The Balaban J connectivity index is 2.63. The van der Waals surface area contributed by atoms with Crippen LogP contribution in [0, 0.1) is 5.92 Å². The van der Waals surface area contributed by atoms with Gasteiger partial charge in [-0.15, -0.1) is 0 Å². The quantitative estimate of drug-likeness (QED) is 0.712. The van der Waals surface area contributed by atoms with E-state index in [-0.39, 0.29) is 6.03 Å². The summed E-state index contributed by atoms with van der Waals surface area (Å²) in [5.74, 6) is 0.404. The SMILES string of the molecule is CC(CN)C1CCCN1C(=O)N(C)C. The molecule has 0 spiro atoms. The number of amides is 2. The van der Waals surface area contributed by atoms with Gasteiger partial charge in [0.1, 0.15) is 0 Å². The number of urea groups is 1. The number of hydrogen-bond acceptors (Lipinski definition) is 2. The standard InChI is InChI=1S/C10H21N3O/c1-8(7-11)9-5-4-6-13(9)10(14)12(2)3/h8-9H,4-7,11H2,1-3H3. The van der Waals surface area contributed by atoms with Gasteiger partial charge in [-0.2, -0.15) is 0 Å². The van der Waals surface area contributed by atoms with E-state index in [9.17, 15) is 4.79 Å². The van der Waals surface area contributed by atoms with Crippen molar-refractivity contribution in [2.75, 3.05) is 27.2 Å². The zero-order valence-corrected chi connectivity index (χ0v) is 9.36. The number of nitrogens with zero attached hydrogens (tertiary/aromatic N) is 2. The maximum atomic E-state index is 11.8. The molecule has 0 radical (unpaired) electrons. The third-order valence-corrected chi connectivity index (χ3v) is 2.96. The molecule has 82 valence electrons. The number of nitrogens with two attached hydrogens (primary N) is 1. The van der Waals surface area contributed by atoms with Crippen molar-refractivity contribution in [3.05, 3.63) is 0 Å². The lowest BCUT2D eigenvalue weighted by molar-refractivity contribution is 0.152. The van der Waals surface area contributed by atoms with Crippen LogP contribution >= 0.6 is 0 Å². The molecule has 2 atom stereocenters. The van der Waals surface area contributed by atoms with Gasteiger partial charge in [-0.1, -0.05) is 6.92 Å². The van der Waals surface area contributed by atoms with E-state index in [1.165, 1.54) is 0 Å². The van der Waals surface area contributed by atoms with Crippen LogP contribution in [0.5, 0.6) is 0 Å². The number of carbonyl (C=O) groups is 1. The largest absolute Gasteiger partial charge is 0.331 e. The summed E-state index contributed by atoms with van der Waals surface area (Å²) >= 11 is 0. The van der Waals surface area contributed by atoms with E-state index in [1.54, 1.807) is 19.0 Å². The Labute approximate surface area is 86.0 Å². The molecule has 2 N–H and O–H groups in total. The van der Waals surface area contributed by atoms with E-state index < -0.39 is 0 Å². The molecular formula is C10H21N3O. The molecule has 4 nitrogen and oxygen atoms in total. The first-order chi connectivity index (χ1) is 6.57. The lowest BCUT2D eigenvalue weighted by Gasteiger charge is -2.31. The summed E-state index contributed by atoms with van der Waals surface area (Å²) in [6.07, 6.45) is 2.20. The second-order valence-electron chi connectivity index (χ2n) is 4.29. The summed E-state index contributed by atoms with van der Waals surface area (Å²) < 4.78 is 0. The molecular weight excluding hydrogens is 178 g/mol. The van der Waals surface area contributed by atoms with Crippen molar-refractivity contribution < 1.29 is 4.79 Å². The average molecular weight is 199 g/mol. The van der Waals surface area contributed by atoms with Crippen molar-refractivity contribution in [2.45, 2.75) is 25.8 Å². The molecule has 2 amide bonds. The van der Waals surface area contributed by atoms with Gasteiger partial charge in [0.05, 0.1) is 0 Å². The second kappa shape index (κ2) is 4.64. The van der Waals surface area contributed by atoms with Gasteiger partial charge in [-0.3, -0.25) is 0 Å². The molecule has 2 unspecified atom stereocenters. The van der Waals surface area contributed by atoms with Gasteiger partial charge in [-0.25, -0.2) is 4.79 Å². The molecule has 4 heteroatoms. The first-order valence-corrected chi connectivity index (χ1v) is 5.26. The third-order valence-electron chi connectivity index (χ3n) is 2.96. The highest BCUT2D eigenvalue weighted by atomic mass is 16.2. The van der Waals surface area contributed by atoms with Crippen LogP contribution in [0.4, 0.5) is 4.79 Å². The minimum atomic E-state index is 0.118. The van der Waals surface area contributed by atoms with E-state index in [0.717, 1.165) is 19.4 Å². The van der Waals surface area contributed by atoms with Crippen molar-refractivity contribution in [1.82, 2.24) is 9.80 Å². The molecule has 0 bridgehead atoms. The van der Waals surface area contributed by atoms with Gasteiger partial charge in [0.25, 0.3) is 0 Å². The fourth-order valence-electron chi connectivity index (χ4n) is 2.04. The Morgan fingerprint density at radius 3 is 2.79 bits per heavy atom. The topological polar surface area (TPSA) is 49.6 Å². The maximum Gasteiger partial charge on any atom is 0.319 e. The lowest BCUT2D eigenvalue weighted by atomic mass is 10.0. The number of likely N-dealkylation sites (tertiary alicyclic amines) is 1. The number of hydrogen-bond donors (Lipinski definition) is 1. The van der Waals surface area contributed by atoms with E-state index in [4.69, 9.17) is 5.73 Å². The fraction of sp³-hybridized carbons (Fsp3) is 0.900. The Morgan fingerprint density at radius 1 is 1.64 bits per heavy atom. The lowest BCUT2D eigenvalue weighted by Crippen LogP contribution is -2.45. The Kier molecular flexibility index (Phi) is 3.75. The molecule has 14 heavy (non-hydrogen) atoms. The summed E-state index contributed by atoms with van der Waals surface area (Å²) in [6.45, 7) is 3.65. The van der Waals surface area contributed by atoms with Gasteiger partial charge >= 0.3 is 6.03 Å². The molecule has 0 aromatic carbocycles. The summed E-state index contributed by atoms with van der Waals surface area (Å²) in [5, 5.41) is 0.